The van der Waals surface area contributed by atoms with Crippen molar-refractivity contribution in [2.45, 2.75) is 20.4 Å². The fraction of sp³-hybridized carbons (Fsp3) is 0.286. The highest BCUT2D eigenvalue weighted by Gasteiger charge is 2.20. The lowest BCUT2D eigenvalue weighted by atomic mass is 10.2. The first-order valence-electron chi connectivity index (χ1n) is 8.83. The van der Waals surface area contributed by atoms with E-state index in [-0.39, 0.29) is 6.09 Å². The van der Waals surface area contributed by atoms with Crippen molar-refractivity contribution in [2.24, 2.45) is 0 Å². The summed E-state index contributed by atoms with van der Waals surface area (Å²) in [7, 11) is 1.66. The number of hydrogen-bond donors (Lipinski definition) is 0. The molecule has 0 bridgehead atoms. The molecule has 0 saturated carbocycles. The van der Waals surface area contributed by atoms with Gasteiger partial charge in [0.05, 0.1) is 24.9 Å². The van der Waals surface area contributed by atoms with Crippen LogP contribution in [0.4, 0.5) is 10.5 Å². The van der Waals surface area contributed by atoms with E-state index in [0.29, 0.717) is 19.7 Å². The van der Waals surface area contributed by atoms with Gasteiger partial charge in [-0.3, -0.25) is 4.90 Å². The monoisotopic (exact) mass is 352 g/mol. The van der Waals surface area contributed by atoms with Gasteiger partial charge >= 0.3 is 6.09 Å². The number of fused-ring (bicyclic) bond motifs is 1. The van der Waals surface area contributed by atoms with Crippen molar-refractivity contribution >= 4 is 22.7 Å². The third-order valence-electron chi connectivity index (χ3n) is 4.37. The van der Waals surface area contributed by atoms with Crippen molar-refractivity contribution < 1.29 is 14.3 Å². The molecule has 0 spiro atoms. The van der Waals surface area contributed by atoms with E-state index < -0.39 is 0 Å². The number of carbonyl (C=O) groups excluding carboxylic acids is 1. The van der Waals surface area contributed by atoms with Crippen LogP contribution in [-0.2, 0) is 11.3 Å². The molecule has 0 saturated heterocycles. The molecule has 0 radical (unpaired) electrons. The first-order valence-corrected chi connectivity index (χ1v) is 8.83. The summed E-state index contributed by atoms with van der Waals surface area (Å²) in [4.78, 5) is 14.0. The minimum absolute atomic E-state index is 0.317. The number of hydrogen-bond acceptors (Lipinski definition) is 3. The highest BCUT2D eigenvalue weighted by molar-refractivity contribution is 6.01. The molecule has 136 valence electrons. The van der Waals surface area contributed by atoms with Crippen LogP contribution in [0.1, 0.15) is 19.4 Å². The van der Waals surface area contributed by atoms with Gasteiger partial charge in [-0.15, -0.1) is 0 Å². The summed E-state index contributed by atoms with van der Waals surface area (Å²) in [5.74, 6) is 0.839. The molecule has 0 aliphatic carbocycles. The van der Waals surface area contributed by atoms with E-state index in [9.17, 15) is 4.79 Å². The Bertz CT molecular complexity index is 884. The molecule has 0 aliphatic rings. The number of amides is 1. The van der Waals surface area contributed by atoms with E-state index in [4.69, 9.17) is 9.47 Å². The van der Waals surface area contributed by atoms with E-state index in [1.807, 2.05) is 50.4 Å². The van der Waals surface area contributed by atoms with Crippen molar-refractivity contribution in [3.05, 3.63) is 60.3 Å². The fourth-order valence-electron chi connectivity index (χ4n) is 3.10. The maximum atomic E-state index is 12.3. The largest absolute Gasteiger partial charge is 0.497 e. The van der Waals surface area contributed by atoms with E-state index in [1.165, 1.54) is 0 Å². The molecule has 1 amide bonds. The fourth-order valence-corrected chi connectivity index (χ4v) is 3.10. The van der Waals surface area contributed by atoms with Crippen molar-refractivity contribution in [1.82, 2.24) is 4.57 Å². The molecule has 3 aromatic rings. The quantitative estimate of drug-likeness (QED) is 0.647. The zero-order chi connectivity index (χ0) is 18.5. The molecule has 1 heterocycles. The molecule has 0 atom stereocenters. The molecule has 0 aliphatic heterocycles. The van der Waals surface area contributed by atoms with Gasteiger partial charge in [0.15, 0.2) is 0 Å². The van der Waals surface area contributed by atoms with Gasteiger partial charge in [-0.2, -0.15) is 0 Å². The average Bonchev–Trinajstić information content (AvgIpc) is 3.02. The Morgan fingerprint density at radius 3 is 2.46 bits per heavy atom. The van der Waals surface area contributed by atoms with Gasteiger partial charge in [0, 0.05) is 24.7 Å². The summed E-state index contributed by atoms with van der Waals surface area (Å²) in [6.45, 7) is 5.39. The standard InChI is InChI=1S/C21H24N2O3/c1-4-23(21(24)26-5-2)20-15-22(19-9-7-6-8-18(19)20)14-16-10-12-17(25-3)13-11-16/h6-13,15H,4-5,14H2,1-3H3. The van der Waals surface area contributed by atoms with Crippen molar-refractivity contribution in [3.63, 3.8) is 0 Å². The highest BCUT2D eigenvalue weighted by atomic mass is 16.6. The summed E-state index contributed by atoms with van der Waals surface area (Å²) in [5, 5.41) is 1.04. The summed E-state index contributed by atoms with van der Waals surface area (Å²) < 4.78 is 12.6. The number of methoxy groups -OCH3 is 1. The first kappa shape index (κ1) is 17.9. The van der Waals surface area contributed by atoms with E-state index in [1.54, 1.807) is 12.0 Å². The number of aromatic nitrogens is 1. The topological polar surface area (TPSA) is 43.7 Å². The molecule has 0 unspecified atom stereocenters. The van der Waals surface area contributed by atoms with Crippen LogP contribution in [0.2, 0.25) is 0 Å². The highest BCUT2D eigenvalue weighted by Crippen LogP contribution is 2.30. The van der Waals surface area contributed by atoms with Gasteiger partial charge in [-0.05, 0) is 37.6 Å². The van der Waals surface area contributed by atoms with Crippen LogP contribution in [0.3, 0.4) is 0 Å². The molecule has 5 nitrogen and oxygen atoms in total. The Hall–Kier alpha value is -2.95. The summed E-state index contributed by atoms with van der Waals surface area (Å²) in [5.41, 5.74) is 3.12. The smallest absolute Gasteiger partial charge is 0.414 e. The number of nitrogens with zero attached hydrogens (tertiary/aromatic N) is 2. The number of ether oxygens (including phenoxy) is 2. The molecule has 2 aromatic carbocycles. The van der Waals surface area contributed by atoms with Crippen molar-refractivity contribution in [1.29, 1.82) is 0 Å². The van der Waals surface area contributed by atoms with Crippen molar-refractivity contribution in [3.8, 4) is 5.75 Å². The number of rotatable bonds is 6. The van der Waals surface area contributed by atoms with Gasteiger partial charge in [-0.25, -0.2) is 4.79 Å². The maximum absolute atomic E-state index is 12.3. The second-order valence-electron chi connectivity index (χ2n) is 5.95. The van der Waals surface area contributed by atoms with Crippen LogP contribution in [0, 0.1) is 0 Å². The van der Waals surface area contributed by atoms with E-state index >= 15 is 0 Å². The Kier molecular flexibility index (Phi) is 5.46. The molecule has 0 N–H and O–H groups in total. The minimum atomic E-state index is -0.317. The lowest BCUT2D eigenvalue weighted by molar-refractivity contribution is 0.160. The predicted molar refractivity (Wildman–Crippen MR) is 104 cm³/mol. The van der Waals surface area contributed by atoms with Gasteiger partial charge in [-0.1, -0.05) is 30.3 Å². The second kappa shape index (κ2) is 7.95. The Labute approximate surface area is 153 Å². The molecule has 26 heavy (non-hydrogen) atoms. The molecule has 3 rings (SSSR count). The zero-order valence-electron chi connectivity index (χ0n) is 15.4. The van der Waals surface area contributed by atoms with Crippen LogP contribution >= 0.6 is 0 Å². The molecule has 0 fully saturated rings. The van der Waals surface area contributed by atoms with Gasteiger partial charge in [0.2, 0.25) is 0 Å². The maximum Gasteiger partial charge on any atom is 0.414 e. The SMILES string of the molecule is CCOC(=O)N(CC)c1cn(Cc2ccc(OC)cc2)c2ccccc12. The number of para-hydroxylation sites is 1. The Balaban J connectivity index is 1.99. The van der Waals surface area contributed by atoms with Gasteiger partial charge in [0.25, 0.3) is 0 Å². The molecule has 5 heteroatoms. The summed E-state index contributed by atoms with van der Waals surface area (Å²) >= 11 is 0. The third kappa shape index (κ3) is 3.52. The normalized spacial score (nSPS) is 10.7. The van der Waals surface area contributed by atoms with E-state index in [0.717, 1.165) is 27.9 Å². The second-order valence-corrected chi connectivity index (χ2v) is 5.95. The number of carbonyl (C=O) groups is 1. The van der Waals surface area contributed by atoms with E-state index in [2.05, 4.69) is 22.8 Å². The molecule has 1 aromatic heterocycles. The number of benzene rings is 2. The Morgan fingerprint density at radius 2 is 1.81 bits per heavy atom. The summed E-state index contributed by atoms with van der Waals surface area (Å²) in [6.07, 6.45) is 1.71. The molecular weight excluding hydrogens is 328 g/mol. The van der Waals surface area contributed by atoms with Crippen LogP contribution in [0.5, 0.6) is 5.75 Å². The summed E-state index contributed by atoms with van der Waals surface area (Å²) in [6, 6.07) is 16.1. The minimum Gasteiger partial charge on any atom is -0.497 e. The van der Waals surface area contributed by atoms with Crippen LogP contribution in [-0.4, -0.2) is 30.9 Å². The van der Waals surface area contributed by atoms with Gasteiger partial charge in [0.1, 0.15) is 5.75 Å². The third-order valence-corrected chi connectivity index (χ3v) is 4.37. The predicted octanol–water partition coefficient (Wildman–Crippen LogP) is 4.68. The van der Waals surface area contributed by atoms with Crippen LogP contribution in [0.25, 0.3) is 10.9 Å². The van der Waals surface area contributed by atoms with Gasteiger partial charge < -0.3 is 14.0 Å². The van der Waals surface area contributed by atoms with Crippen LogP contribution in [0.15, 0.2) is 54.7 Å². The number of anilines is 1. The Morgan fingerprint density at radius 1 is 1.08 bits per heavy atom. The lowest BCUT2D eigenvalue weighted by Crippen LogP contribution is -2.31. The first-order chi connectivity index (χ1) is 12.7. The molecular formula is C21H24N2O3. The zero-order valence-corrected chi connectivity index (χ0v) is 15.4. The lowest BCUT2D eigenvalue weighted by Gasteiger charge is -2.19. The van der Waals surface area contributed by atoms with Crippen molar-refractivity contribution in [2.75, 3.05) is 25.2 Å². The van der Waals surface area contributed by atoms with Crippen LogP contribution < -0.4 is 9.64 Å². The average molecular weight is 352 g/mol.